The van der Waals surface area contributed by atoms with Crippen LogP contribution in [-0.4, -0.2) is 37.9 Å². The van der Waals surface area contributed by atoms with Crippen molar-refractivity contribution in [3.05, 3.63) is 24.6 Å². The normalized spacial score (nSPS) is 19.0. The third kappa shape index (κ3) is 2.20. The van der Waals surface area contributed by atoms with Gasteiger partial charge in [0.25, 0.3) is 0 Å². The molecule has 0 N–H and O–H groups in total. The largest absolute Gasteiger partial charge is 0.378 e. The van der Waals surface area contributed by atoms with Crippen LogP contribution in [0.3, 0.4) is 0 Å². The van der Waals surface area contributed by atoms with E-state index in [0.717, 1.165) is 32.1 Å². The molecule has 1 saturated heterocycles. The average Bonchev–Trinajstić information content (AvgIpc) is 2.15. The Bertz CT molecular complexity index is 193. The van der Waals surface area contributed by atoms with Crippen molar-refractivity contribution < 1.29 is 4.74 Å². The molecule has 66 valence electrons. The lowest BCUT2D eigenvalue weighted by Crippen LogP contribution is -2.35. The molecule has 12 heavy (non-hydrogen) atoms. The molecule has 0 bridgehead atoms. The highest BCUT2D eigenvalue weighted by atomic mass is 16.5. The van der Waals surface area contributed by atoms with Crippen molar-refractivity contribution in [2.45, 2.75) is 0 Å². The van der Waals surface area contributed by atoms with Crippen molar-refractivity contribution in [2.75, 3.05) is 26.3 Å². The van der Waals surface area contributed by atoms with Crippen LogP contribution < -0.4 is 0 Å². The third-order valence-corrected chi connectivity index (χ3v) is 1.76. The molecule has 0 aromatic heterocycles. The Morgan fingerprint density at radius 3 is 2.58 bits per heavy atom. The van der Waals surface area contributed by atoms with E-state index in [1.165, 1.54) is 0 Å². The first kappa shape index (κ1) is 9.00. The summed E-state index contributed by atoms with van der Waals surface area (Å²) in [6, 6.07) is 0. The molecule has 0 aliphatic carbocycles. The van der Waals surface area contributed by atoms with Crippen LogP contribution in [0.1, 0.15) is 0 Å². The van der Waals surface area contributed by atoms with Gasteiger partial charge in [0.1, 0.15) is 5.82 Å². The van der Waals surface area contributed by atoms with Gasteiger partial charge >= 0.3 is 0 Å². The van der Waals surface area contributed by atoms with Gasteiger partial charge in [-0.2, -0.15) is 0 Å². The lowest BCUT2D eigenvalue weighted by Gasteiger charge is -2.28. The van der Waals surface area contributed by atoms with Gasteiger partial charge in [-0.25, -0.2) is 4.99 Å². The Balaban J connectivity index is 2.57. The maximum atomic E-state index is 5.22. The van der Waals surface area contributed by atoms with E-state index in [4.69, 9.17) is 4.74 Å². The summed E-state index contributed by atoms with van der Waals surface area (Å²) in [5, 5.41) is 0. The van der Waals surface area contributed by atoms with Gasteiger partial charge < -0.3 is 9.64 Å². The number of rotatable bonds is 3. The van der Waals surface area contributed by atoms with E-state index in [1.54, 1.807) is 6.08 Å². The van der Waals surface area contributed by atoms with Gasteiger partial charge in [0.15, 0.2) is 0 Å². The number of aliphatic imine (C=N–C) groups is 1. The summed E-state index contributed by atoms with van der Waals surface area (Å²) in [7, 11) is 0. The van der Waals surface area contributed by atoms with E-state index in [2.05, 4.69) is 23.2 Å². The molecule has 1 aliphatic rings. The van der Waals surface area contributed by atoms with Crippen LogP contribution >= 0.6 is 0 Å². The Morgan fingerprint density at radius 1 is 1.42 bits per heavy atom. The summed E-state index contributed by atoms with van der Waals surface area (Å²) < 4.78 is 5.22. The zero-order chi connectivity index (χ0) is 8.81. The monoisotopic (exact) mass is 166 g/mol. The average molecular weight is 166 g/mol. The highest BCUT2D eigenvalue weighted by molar-refractivity contribution is 5.29. The zero-order valence-corrected chi connectivity index (χ0v) is 7.20. The predicted molar refractivity (Wildman–Crippen MR) is 50.2 cm³/mol. The molecule has 0 radical (unpaired) electrons. The molecule has 3 heteroatoms. The first-order valence-electron chi connectivity index (χ1n) is 4.00. The predicted octanol–water partition coefficient (Wildman–Crippen LogP) is 1.05. The number of hydrogen-bond acceptors (Lipinski definition) is 3. The van der Waals surface area contributed by atoms with Crippen molar-refractivity contribution in [3.8, 4) is 0 Å². The molecule has 0 saturated carbocycles. The summed E-state index contributed by atoms with van der Waals surface area (Å²) in [5.74, 6) is 0.883. The lowest BCUT2D eigenvalue weighted by atomic mass is 10.4. The number of hydrogen-bond donors (Lipinski definition) is 0. The van der Waals surface area contributed by atoms with Crippen LogP contribution in [-0.2, 0) is 4.74 Å². The Labute approximate surface area is 73.0 Å². The Morgan fingerprint density at radius 2 is 2.08 bits per heavy atom. The van der Waals surface area contributed by atoms with E-state index in [0.29, 0.717) is 0 Å². The van der Waals surface area contributed by atoms with Crippen LogP contribution in [0.25, 0.3) is 0 Å². The highest BCUT2D eigenvalue weighted by Gasteiger charge is 2.11. The smallest absolute Gasteiger partial charge is 0.127 e. The standard InChI is InChI=1S/C9H14N2O/c1-3-4-9(10-2)11-5-7-12-8-6-11/h3-4H,1-2,5-8H2. The molecule has 0 atom stereocenters. The second-order valence-electron chi connectivity index (χ2n) is 2.52. The van der Waals surface area contributed by atoms with E-state index >= 15 is 0 Å². The van der Waals surface area contributed by atoms with Crippen LogP contribution in [0.2, 0.25) is 0 Å². The van der Waals surface area contributed by atoms with Crippen molar-refractivity contribution in [3.63, 3.8) is 0 Å². The molecule has 0 amide bonds. The van der Waals surface area contributed by atoms with Gasteiger partial charge in [0.05, 0.1) is 13.2 Å². The summed E-state index contributed by atoms with van der Waals surface area (Å²) in [4.78, 5) is 6.05. The molecule has 1 aliphatic heterocycles. The number of ether oxygens (including phenoxy) is 1. The number of nitrogens with zero attached hydrogens (tertiary/aromatic N) is 2. The summed E-state index contributed by atoms with van der Waals surface area (Å²) in [5.41, 5.74) is 0. The molecule has 1 rings (SSSR count). The SMILES string of the molecule is C=CC=C(N=C)N1CCOCC1. The molecule has 0 aromatic carbocycles. The fourth-order valence-electron chi connectivity index (χ4n) is 1.16. The molecular formula is C9H14N2O. The lowest BCUT2D eigenvalue weighted by molar-refractivity contribution is 0.0532. The van der Waals surface area contributed by atoms with Crippen LogP contribution in [0.4, 0.5) is 0 Å². The van der Waals surface area contributed by atoms with Gasteiger partial charge in [0.2, 0.25) is 0 Å². The minimum atomic E-state index is 0.768. The summed E-state index contributed by atoms with van der Waals surface area (Å²) in [6.45, 7) is 10.4. The van der Waals surface area contributed by atoms with Gasteiger partial charge in [0, 0.05) is 13.1 Å². The zero-order valence-electron chi connectivity index (χ0n) is 7.20. The fraction of sp³-hybridized carbons (Fsp3) is 0.444. The van der Waals surface area contributed by atoms with Gasteiger partial charge in [-0.05, 0) is 12.8 Å². The second-order valence-corrected chi connectivity index (χ2v) is 2.52. The highest BCUT2D eigenvalue weighted by Crippen LogP contribution is 2.07. The quantitative estimate of drug-likeness (QED) is 0.462. The summed E-state index contributed by atoms with van der Waals surface area (Å²) >= 11 is 0. The van der Waals surface area contributed by atoms with Gasteiger partial charge in [-0.1, -0.05) is 12.7 Å². The van der Waals surface area contributed by atoms with Crippen LogP contribution in [0.5, 0.6) is 0 Å². The maximum absolute atomic E-state index is 5.22. The molecule has 0 unspecified atom stereocenters. The van der Waals surface area contributed by atoms with Crippen molar-refractivity contribution in [1.29, 1.82) is 0 Å². The first-order chi connectivity index (χ1) is 5.88. The molecule has 0 aromatic rings. The molecule has 1 heterocycles. The maximum Gasteiger partial charge on any atom is 0.127 e. The van der Waals surface area contributed by atoms with Crippen LogP contribution in [0, 0.1) is 0 Å². The number of allylic oxidation sites excluding steroid dienone is 2. The third-order valence-electron chi connectivity index (χ3n) is 1.76. The number of morpholine rings is 1. The van der Waals surface area contributed by atoms with Crippen molar-refractivity contribution in [2.24, 2.45) is 4.99 Å². The topological polar surface area (TPSA) is 24.8 Å². The fourth-order valence-corrected chi connectivity index (χ4v) is 1.16. The molecule has 3 nitrogen and oxygen atoms in total. The van der Waals surface area contributed by atoms with Crippen molar-refractivity contribution >= 4 is 6.72 Å². The molecular weight excluding hydrogens is 152 g/mol. The Kier molecular flexibility index (Phi) is 3.54. The minimum absolute atomic E-state index is 0.768. The van der Waals surface area contributed by atoms with E-state index in [9.17, 15) is 0 Å². The second kappa shape index (κ2) is 4.72. The van der Waals surface area contributed by atoms with Gasteiger partial charge in [-0.3, -0.25) is 0 Å². The van der Waals surface area contributed by atoms with E-state index < -0.39 is 0 Å². The molecule has 1 fully saturated rings. The molecule has 0 spiro atoms. The van der Waals surface area contributed by atoms with E-state index in [1.807, 2.05) is 6.08 Å². The Hall–Kier alpha value is -1.09. The minimum Gasteiger partial charge on any atom is -0.378 e. The first-order valence-corrected chi connectivity index (χ1v) is 4.00. The van der Waals surface area contributed by atoms with Crippen LogP contribution in [0.15, 0.2) is 29.5 Å². The summed E-state index contributed by atoms with van der Waals surface area (Å²) in [6.07, 6.45) is 3.58. The van der Waals surface area contributed by atoms with Crippen molar-refractivity contribution in [1.82, 2.24) is 4.90 Å². The van der Waals surface area contributed by atoms with E-state index in [-0.39, 0.29) is 0 Å². The van der Waals surface area contributed by atoms with Gasteiger partial charge in [-0.15, -0.1) is 0 Å².